The number of rotatable bonds is 5. The summed E-state index contributed by atoms with van der Waals surface area (Å²) in [7, 11) is 1.97. The van der Waals surface area contributed by atoms with E-state index < -0.39 is 0 Å². The smallest absolute Gasteiger partial charge is 0.315 e. The van der Waals surface area contributed by atoms with Gasteiger partial charge in [0, 0.05) is 30.9 Å². The van der Waals surface area contributed by atoms with Crippen LogP contribution < -0.4 is 10.6 Å². The van der Waals surface area contributed by atoms with E-state index in [0.29, 0.717) is 18.5 Å². The van der Waals surface area contributed by atoms with Gasteiger partial charge in [0.05, 0.1) is 5.69 Å². The molecule has 1 aliphatic rings. The van der Waals surface area contributed by atoms with Gasteiger partial charge in [-0.05, 0) is 25.2 Å². The lowest BCUT2D eigenvalue weighted by Gasteiger charge is -2.08. The molecular weight excluding hydrogens is 240 g/mol. The standard InChI is InChI=1S/C14H24N4O/c1-5-11-10(13(6-2)18(4)17-11)8-15-14(19)16-12-7-9(12)3/h9,12H,5-8H2,1-4H3,(H2,15,16,19)/t9-,12-/m0/s1. The summed E-state index contributed by atoms with van der Waals surface area (Å²) in [5.74, 6) is 0.626. The fraction of sp³-hybridized carbons (Fsp3) is 0.714. The van der Waals surface area contributed by atoms with Gasteiger partial charge in [0.25, 0.3) is 0 Å². The van der Waals surface area contributed by atoms with Crippen molar-refractivity contribution in [3.8, 4) is 0 Å². The number of nitrogens with one attached hydrogen (secondary N) is 2. The Bertz CT molecular complexity index is 466. The van der Waals surface area contributed by atoms with Crippen LogP contribution in [0.15, 0.2) is 0 Å². The number of carbonyl (C=O) groups is 1. The van der Waals surface area contributed by atoms with E-state index >= 15 is 0 Å². The number of aryl methyl sites for hydroxylation is 2. The molecule has 0 unspecified atom stereocenters. The van der Waals surface area contributed by atoms with E-state index in [1.54, 1.807) is 0 Å². The first-order chi connectivity index (χ1) is 9.06. The molecule has 1 fully saturated rings. The number of amides is 2. The third-order valence-corrected chi connectivity index (χ3v) is 3.88. The molecule has 0 radical (unpaired) electrons. The average Bonchev–Trinajstić information content (AvgIpc) is 2.96. The van der Waals surface area contributed by atoms with Crippen molar-refractivity contribution in [1.82, 2.24) is 20.4 Å². The fourth-order valence-electron chi connectivity index (χ4n) is 2.51. The van der Waals surface area contributed by atoms with Crippen molar-refractivity contribution in [3.63, 3.8) is 0 Å². The Morgan fingerprint density at radius 2 is 2.11 bits per heavy atom. The van der Waals surface area contributed by atoms with Crippen molar-refractivity contribution in [2.75, 3.05) is 0 Å². The fourth-order valence-corrected chi connectivity index (χ4v) is 2.51. The number of hydrogen-bond acceptors (Lipinski definition) is 2. The molecule has 0 saturated heterocycles. The van der Waals surface area contributed by atoms with E-state index in [4.69, 9.17) is 0 Å². The number of hydrogen-bond donors (Lipinski definition) is 2. The lowest BCUT2D eigenvalue weighted by atomic mass is 10.1. The van der Waals surface area contributed by atoms with E-state index in [1.165, 1.54) is 11.3 Å². The lowest BCUT2D eigenvalue weighted by molar-refractivity contribution is 0.239. The van der Waals surface area contributed by atoms with Crippen LogP contribution in [0.25, 0.3) is 0 Å². The van der Waals surface area contributed by atoms with Crippen molar-refractivity contribution in [2.24, 2.45) is 13.0 Å². The first-order valence-corrected chi connectivity index (χ1v) is 7.14. The first-order valence-electron chi connectivity index (χ1n) is 7.14. The average molecular weight is 264 g/mol. The molecule has 0 bridgehead atoms. The summed E-state index contributed by atoms with van der Waals surface area (Å²) in [5.41, 5.74) is 3.46. The van der Waals surface area contributed by atoms with E-state index in [2.05, 4.69) is 36.5 Å². The van der Waals surface area contributed by atoms with Crippen LogP contribution in [-0.2, 0) is 26.4 Å². The van der Waals surface area contributed by atoms with Crippen LogP contribution in [0, 0.1) is 5.92 Å². The Morgan fingerprint density at radius 3 is 2.63 bits per heavy atom. The Morgan fingerprint density at radius 1 is 1.42 bits per heavy atom. The maximum absolute atomic E-state index is 11.8. The maximum Gasteiger partial charge on any atom is 0.315 e. The number of nitrogens with zero attached hydrogens (tertiary/aromatic N) is 2. The molecule has 2 N–H and O–H groups in total. The van der Waals surface area contributed by atoms with E-state index in [0.717, 1.165) is 25.0 Å². The largest absolute Gasteiger partial charge is 0.335 e. The van der Waals surface area contributed by atoms with Gasteiger partial charge in [-0.25, -0.2) is 4.79 Å². The molecule has 2 amide bonds. The topological polar surface area (TPSA) is 59.0 Å². The molecule has 19 heavy (non-hydrogen) atoms. The van der Waals surface area contributed by atoms with Gasteiger partial charge in [-0.1, -0.05) is 20.8 Å². The highest BCUT2D eigenvalue weighted by atomic mass is 16.2. The zero-order valence-corrected chi connectivity index (χ0v) is 12.3. The summed E-state index contributed by atoms with van der Waals surface area (Å²) >= 11 is 0. The molecular formula is C14H24N4O. The van der Waals surface area contributed by atoms with Crippen LogP contribution in [0.1, 0.15) is 44.1 Å². The van der Waals surface area contributed by atoms with Crippen LogP contribution >= 0.6 is 0 Å². The zero-order chi connectivity index (χ0) is 14.0. The predicted octanol–water partition coefficient (Wildman–Crippen LogP) is 1.75. The van der Waals surface area contributed by atoms with Crippen molar-refractivity contribution in [1.29, 1.82) is 0 Å². The molecule has 1 aromatic rings. The molecule has 5 heteroatoms. The second-order valence-corrected chi connectivity index (χ2v) is 5.35. The van der Waals surface area contributed by atoms with Crippen LogP contribution in [0.2, 0.25) is 0 Å². The summed E-state index contributed by atoms with van der Waals surface area (Å²) < 4.78 is 1.93. The molecule has 5 nitrogen and oxygen atoms in total. The molecule has 1 aliphatic carbocycles. The number of urea groups is 1. The van der Waals surface area contributed by atoms with Gasteiger partial charge in [-0.2, -0.15) is 5.10 Å². The Kier molecular flexibility index (Phi) is 4.12. The lowest BCUT2D eigenvalue weighted by Crippen LogP contribution is -2.37. The molecule has 2 atom stereocenters. The summed E-state index contributed by atoms with van der Waals surface area (Å²) in [4.78, 5) is 11.8. The Balaban J connectivity index is 1.96. The Hall–Kier alpha value is -1.52. The first kappa shape index (κ1) is 13.9. The van der Waals surface area contributed by atoms with Gasteiger partial charge in [0.2, 0.25) is 0 Å². The van der Waals surface area contributed by atoms with E-state index in [1.807, 2.05) is 11.7 Å². The summed E-state index contributed by atoms with van der Waals surface area (Å²) in [5, 5.41) is 10.4. The predicted molar refractivity (Wildman–Crippen MR) is 74.9 cm³/mol. The van der Waals surface area contributed by atoms with Crippen molar-refractivity contribution in [3.05, 3.63) is 17.0 Å². The molecule has 0 spiro atoms. The summed E-state index contributed by atoms with van der Waals surface area (Å²) in [6.07, 6.45) is 2.93. The van der Waals surface area contributed by atoms with Crippen molar-refractivity contribution >= 4 is 6.03 Å². The molecule has 0 aliphatic heterocycles. The summed E-state index contributed by atoms with van der Waals surface area (Å²) in [6.45, 7) is 6.92. The van der Waals surface area contributed by atoms with Gasteiger partial charge >= 0.3 is 6.03 Å². The van der Waals surface area contributed by atoms with Gasteiger partial charge in [0.1, 0.15) is 0 Å². The quantitative estimate of drug-likeness (QED) is 0.851. The molecule has 2 rings (SSSR count). The minimum absolute atomic E-state index is 0.0673. The van der Waals surface area contributed by atoms with Crippen LogP contribution in [0.5, 0.6) is 0 Å². The third kappa shape index (κ3) is 3.08. The minimum Gasteiger partial charge on any atom is -0.335 e. The number of carbonyl (C=O) groups excluding carboxylic acids is 1. The normalized spacial score (nSPS) is 21.3. The van der Waals surface area contributed by atoms with Crippen LogP contribution in [-0.4, -0.2) is 21.9 Å². The zero-order valence-electron chi connectivity index (χ0n) is 12.3. The van der Waals surface area contributed by atoms with E-state index in [9.17, 15) is 4.79 Å². The highest BCUT2D eigenvalue weighted by Gasteiger charge is 2.33. The Labute approximate surface area is 114 Å². The molecule has 1 saturated carbocycles. The second kappa shape index (κ2) is 5.63. The van der Waals surface area contributed by atoms with E-state index in [-0.39, 0.29) is 6.03 Å². The molecule has 106 valence electrons. The molecule has 0 aromatic carbocycles. The molecule has 1 aromatic heterocycles. The van der Waals surface area contributed by atoms with Crippen LogP contribution in [0.3, 0.4) is 0 Å². The van der Waals surface area contributed by atoms with Crippen molar-refractivity contribution in [2.45, 2.75) is 52.6 Å². The monoisotopic (exact) mass is 264 g/mol. The number of aromatic nitrogens is 2. The highest BCUT2D eigenvalue weighted by Crippen LogP contribution is 2.28. The summed E-state index contributed by atoms with van der Waals surface area (Å²) in [6, 6.07) is 0.299. The van der Waals surface area contributed by atoms with Crippen LogP contribution in [0.4, 0.5) is 4.79 Å². The molecule has 1 heterocycles. The van der Waals surface area contributed by atoms with Gasteiger partial charge in [-0.15, -0.1) is 0 Å². The van der Waals surface area contributed by atoms with Crippen molar-refractivity contribution < 1.29 is 4.79 Å². The maximum atomic E-state index is 11.8. The van der Waals surface area contributed by atoms with Gasteiger partial charge < -0.3 is 10.6 Å². The highest BCUT2D eigenvalue weighted by molar-refractivity contribution is 5.74. The SMILES string of the molecule is CCc1nn(C)c(CC)c1CNC(=O)N[C@H]1C[C@@H]1C. The van der Waals surface area contributed by atoms with Gasteiger partial charge in [0.15, 0.2) is 0 Å². The van der Waals surface area contributed by atoms with Gasteiger partial charge in [-0.3, -0.25) is 4.68 Å². The second-order valence-electron chi connectivity index (χ2n) is 5.35. The third-order valence-electron chi connectivity index (χ3n) is 3.88. The minimum atomic E-state index is -0.0673.